The largest absolute Gasteiger partial charge is 0.391 e. The molecular weight excluding hydrogens is 341 g/mol. The van der Waals surface area contributed by atoms with Crippen LogP contribution in [0, 0.1) is 5.92 Å². The van der Waals surface area contributed by atoms with Crippen LogP contribution < -0.4 is 4.90 Å². The van der Waals surface area contributed by atoms with E-state index in [9.17, 15) is 13.2 Å². The Bertz CT molecular complexity index is 765. The Morgan fingerprint density at radius 2 is 1.92 bits per heavy atom. The second kappa shape index (κ2) is 6.12. The summed E-state index contributed by atoms with van der Waals surface area (Å²) in [5.74, 6) is -0.510. The number of benzene rings is 1. The van der Waals surface area contributed by atoms with Crippen LogP contribution in [0.25, 0.3) is 0 Å². The summed E-state index contributed by atoms with van der Waals surface area (Å²) in [6, 6.07) is 6.94. The number of aryl methyl sites for hydroxylation is 1. The lowest BCUT2D eigenvalue weighted by atomic mass is 10.0. The van der Waals surface area contributed by atoms with E-state index in [1.165, 1.54) is 6.92 Å². The van der Waals surface area contributed by atoms with Crippen molar-refractivity contribution in [3.05, 3.63) is 41.3 Å². The SMILES string of the molecule is CC(CC1=Nc2c(ncn2C)CN1c1ccc(Cl)cc1)C(F)(F)F. The number of hydrogen-bond acceptors (Lipinski definition) is 3. The van der Waals surface area contributed by atoms with Crippen molar-refractivity contribution in [3.63, 3.8) is 0 Å². The first-order valence-corrected chi connectivity index (χ1v) is 7.81. The highest BCUT2D eigenvalue weighted by atomic mass is 35.5. The third kappa shape index (κ3) is 3.26. The van der Waals surface area contributed by atoms with Crippen molar-refractivity contribution in [2.24, 2.45) is 18.0 Å². The van der Waals surface area contributed by atoms with E-state index >= 15 is 0 Å². The molecule has 2 heterocycles. The normalized spacial score (nSPS) is 15.9. The fraction of sp³-hybridized carbons (Fsp3) is 0.375. The van der Waals surface area contributed by atoms with E-state index in [2.05, 4.69) is 9.98 Å². The van der Waals surface area contributed by atoms with Gasteiger partial charge < -0.3 is 9.47 Å². The number of hydrogen-bond donors (Lipinski definition) is 0. The number of fused-ring (bicyclic) bond motifs is 1. The van der Waals surface area contributed by atoms with Gasteiger partial charge in [-0.3, -0.25) is 0 Å². The van der Waals surface area contributed by atoms with Gasteiger partial charge >= 0.3 is 6.18 Å². The second-order valence-electron chi connectivity index (χ2n) is 5.86. The summed E-state index contributed by atoms with van der Waals surface area (Å²) in [7, 11) is 1.78. The maximum absolute atomic E-state index is 13.0. The van der Waals surface area contributed by atoms with Gasteiger partial charge in [-0.1, -0.05) is 18.5 Å². The quantitative estimate of drug-likeness (QED) is 0.797. The molecule has 1 aromatic heterocycles. The minimum atomic E-state index is -4.26. The predicted octanol–water partition coefficient (Wildman–Crippen LogP) is 4.71. The number of nitrogens with zero attached hydrogens (tertiary/aromatic N) is 4. The average Bonchev–Trinajstić information content (AvgIpc) is 2.87. The summed E-state index contributed by atoms with van der Waals surface area (Å²) in [6.07, 6.45) is -2.85. The average molecular weight is 357 g/mol. The standard InChI is InChI=1S/C16H16ClF3N4/c1-10(16(18,19)20)7-14-22-15-13(21-9-23(15)2)8-24(14)12-5-3-11(17)4-6-12/h3-6,9-10H,7-8H2,1-2H3. The third-order valence-electron chi connectivity index (χ3n) is 4.02. The molecule has 24 heavy (non-hydrogen) atoms. The molecule has 0 spiro atoms. The fourth-order valence-electron chi connectivity index (χ4n) is 2.56. The Hall–Kier alpha value is -2.02. The molecule has 0 bridgehead atoms. The first-order chi connectivity index (χ1) is 11.3. The third-order valence-corrected chi connectivity index (χ3v) is 4.27. The van der Waals surface area contributed by atoms with E-state index in [0.29, 0.717) is 23.2 Å². The van der Waals surface area contributed by atoms with Gasteiger partial charge in [-0.05, 0) is 24.3 Å². The predicted molar refractivity (Wildman–Crippen MR) is 87.8 cm³/mol. The van der Waals surface area contributed by atoms with E-state index in [1.807, 2.05) is 0 Å². The van der Waals surface area contributed by atoms with Gasteiger partial charge in [0.05, 0.1) is 18.8 Å². The Morgan fingerprint density at radius 3 is 2.54 bits per heavy atom. The number of anilines is 1. The zero-order chi connectivity index (χ0) is 17.5. The zero-order valence-corrected chi connectivity index (χ0v) is 13.9. The first kappa shape index (κ1) is 16.8. The molecular formula is C16H16ClF3N4. The maximum Gasteiger partial charge on any atom is 0.391 e. The topological polar surface area (TPSA) is 33.4 Å². The van der Waals surface area contributed by atoms with Crippen LogP contribution in [0.3, 0.4) is 0 Å². The van der Waals surface area contributed by atoms with Crippen LogP contribution in [0.5, 0.6) is 0 Å². The van der Waals surface area contributed by atoms with Crippen LogP contribution in [0.15, 0.2) is 35.6 Å². The van der Waals surface area contributed by atoms with Crippen molar-refractivity contribution in [2.45, 2.75) is 26.1 Å². The molecule has 1 atom stereocenters. The van der Waals surface area contributed by atoms with Crippen molar-refractivity contribution >= 4 is 28.9 Å². The van der Waals surface area contributed by atoms with Gasteiger partial charge in [0.2, 0.25) is 0 Å². The molecule has 2 aromatic rings. The van der Waals surface area contributed by atoms with Crippen molar-refractivity contribution in [1.29, 1.82) is 0 Å². The van der Waals surface area contributed by atoms with Gasteiger partial charge in [0, 0.05) is 24.2 Å². The molecule has 0 aliphatic carbocycles. The number of alkyl halides is 3. The lowest BCUT2D eigenvalue weighted by Crippen LogP contribution is -2.36. The van der Waals surface area contributed by atoms with Gasteiger partial charge in [0.25, 0.3) is 0 Å². The fourth-order valence-corrected chi connectivity index (χ4v) is 2.68. The molecule has 0 radical (unpaired) electrons. The molecule has 0 fully saturated rings. The van der Waals surface area contributed by atoms with Gasteiger partial charge in [-0.15, -0.1) is 0 Å². The molecule has 0 amide bonds. The number of rotatable bonds is 3. The minimum Gasteiger partial charge on any atom is -0.324 e. The monoisotopic (exact) mass is 356 g/mol. The van der Waals surface area contributed by atoms with Gasteiger partial charge in [-0.2, -0.15) is 13.2 Å². The summed E-state index contributed by atoms with van der Waals surface area (Å²) in [5.41, 5.74) is 1.47. The summed E-state index contributed by atoms with van der Waals surface area (Å²) in [6.45, 7) is 1.54. The van der Waals surface area contributed by atoms with Crippen molar-refractivity contribution in [3.8, 4) is 0 Å². The molecule has 3 rings (SSSR count). The van der Waals surface area contributed by atoms with E-state index < -0.39 is 12.1 Å². The summed E-state index contributed by atoms with van der Waals surface area (Å²) in [5, 5.41) is 0.566. The summed E-state index contributed by atoms with van der Waals surface area (Å²) < 4.78 is 40.7. The van der Waals surface area contributed by atoms with Crippen LogP contribution >= 0.6 is 11.6 Å². The highest BCUT2D eigenvalue weighted by Gasteiger charge is 2.38. The molecule has 1 aliphatic rings. The number of aliphatic imine (C=N–C) groups is 1. The first-order valence-electron chi connectivity index (χ1n) is 7.43. The molecule has 4 nitrogen and oxygen atoms in total. The van der Waals surface area contributed by atoms with Gasteiger partial charge in [0.15, 0.2) is 5.82 Å². The Balaban J connectivity index is 1.99. The van der Waals surface area contributed by atoms with Crippen LogP contribution in [0.2, 0.25) is 5.02 Å². The van der Waals surface area contributed by atoms with Crippen LogP contribution in [-0.4, -0.2) is 21.6 Å². The zero-order valence-electron chi connectivity index (χ0n) is 13.2. The van der Waals surface area contributed by atoms with Crippen LogP contribution in [-0.2, 0) is 13.6 Å². The molecule has 0 N–H and O–H groups in total. The van der Waals surface area contributed by atoms with Crippen molar-refractivity contribution < 1.29 is 13.2 Å². The maximum atomic E-state index is 13.0. The molecule has 8 heteroatoms. The van der Waals surface area contributed by atoms with Crippen molar-refractivity contribution in [1.82, 2.24) is 9.55 Å². The number of imidazole rings is 1. The highest BCUT2D eigenvalue weighted by Crippen LogP contribution is 2.34. The molecule has 0 saturated heterocycles. The molecule has 1 unspecified atom stereocenters. The van der Waals surface area contributed by atoms with Crippen LogP contribution in [0.1, 0.15) is 19.0 Å². The highest BCUT2D eigenvalue weighted by molar-refractivity contribution is 6.30. The summed E-state index contributed by atoms with van der Waals surface area (Å²) in [4.78, 5) is 10.5. The summed E-state index contributed by atoms with van der Waals surface area (Å²) >= 11 is 5.90. The molecule has 0 saturated carbocycles. The second-order valence-corrected chi connectivity index (χ2v) is 6.30. The lowest BCUT2D eigenvalue weighted by molar-refractivity contribution is -0.167. The van der Waals surface area contributed by atoms with E-state index in [1.54, 1.807) is 47.1 Å². The molecule has 128 valence electrons. The molecule has 1 aliphatic heterocycles. The van der Waals surface area contributed by atoms with Crippen molar-refractivity contribution in [2.75, 3.05) is 4.90 Å². The number of aromatic nitrogens is 2. The van der Waals surface area contributed by atoms with Crippen LogP contribution in [0.4, 0.5) is 24.7 Å². The van der Waals surface area contributed by atoms with E-state index in [4.69, 9.17) is 11.6 Å². The van der Waals surface area contributed by atoms with Gasteiger partial charge in [-0.25, -0.2) is 9.98 Å². The number of amidine groups is 1. The smallest absolute Gasteiger partial charge is 0.324 e. The van der Waals surface area contributed by atoms with Gasteiger partial charge in [0.1, 0.15) is 11.5 Å². The Kier molecular flexibility index (Phi) is 4.29. The lowest BCUT2D eigenvalue weighted by Gasteiger charge is -2.31. The molecule has 1 aromatic carbocycles. The van der Waals surface area contributed by atoms with E-state index in [-0.39, 0.29) is 6.42 Å². The minimum absolute atomic E-state index is 0.198. The number of halogens is 4. The Labute approximate surface area is 142 Å². The Morgan fingerprint density at radius 1 is 1.25 bits per heavy atom. The van der Waals surface area contributed by atoms with E-state index in [0.717, 1.165) is 11.4 Å².